The van der Waals surface area contributed by atoms with E-state index in [9.17, 15) is 0 Å². The van der Waals surface area contributed by atoms with E-state index >= 15 is 0 Å². The fourth-order valence-corrected chi connectivity index (χ4v) is 1.91. The lowest BCUT2D eigenvalue weighted by Gasteiger charge is -2.29. The summed E-state index contributed by atoms with van der Waals surface area (Å²) in [7, 11) is 3.93. The smallest absolute Gasteiger partial charge is 0.0499 e. The third-order valence-electron chi connectivity index (χ3n) is 2.29. The van der Waals surface area contributed by atoms with E-state index in [0.29, 0.717) is 0 Å². The maximum Gasteiger partial charge on any atom is 0.0499 e. The highest BCUT2D eigenvalue weighted by atomic mass is 79.9. The van der Waals surface area contributed by atoms with Gasteiger partial charge in [0.25, 0.3) is 0 Å². The molecule has 1 atom stereocenters. The van der Waals surface area contributed by atoms with E-state index in [1.54, 1.807) is 0 Å². The molecule has 2 nitrogen and oxygen atoms in total. The van der Waals surface area contributed by atoms with Crippen molar-refractivity contribution in [3.8, 4) is 0 Å². The van der Waals surface area contributed by atoms with Gasteiger partial charge in [0.15, 0.2) is 0 Å². The van der Waals surface area contributed by atoms with Crippen molar-refractivity contribution in [2.75, 3.05) is 19.4 Å². The van der Waals surface area contributed by atoms with Gasteiger partial charge in [-0.25, -0.2) is 0 Å². The van der Waals surface area contributed by atoms with Crippen LogP contribution in [0.5, 0.6) is 0 Å². The van der Waals surface area contributed by atoms with Crippen molar-refractivity contribution in [2.45, 2.75) is 12.0 Å². The largest absolute Gasteiger partial charge is 0.388 e. The van der Waals surface area contributed by atoms with Gasteiger partial charge in [0.05, 0.1) is 0 Å². The Hall–Kier alpha value is -0.280. The lowest BCUT2D eigenvalue weighted by Crippen LogP contribution is -2.43. The Balaban J connectivity index is 2.67. The Morgan fingerprint density at radius 2 is 2.33 bits per heavy atom. The van der Waals surface area contributed by atoms with Crippen LogP contribution in [0.4, 0.5) is 0 Å². The second-order valence-electron chi connectivity index (χ2n) is 2.99. The summed E-state index contributed by atoms with van der Waals surface area (Å²) in [6, 6.07) is 0. The molecule has 12 heavy (non-hydrogen) atoms. The molecule has 0 aromatic rings. The molecule has 3 heteroatoms. The van der Waals surface area contributed by atoms with Crippen molar-refractivity contribution >= 4 is 15.9 Å². The predicted octanol–water partition coefficient (Wildman–Crippen LogP) is 1.40. The highest BCUT2D eigenvalue weighted by Gasteiger charge is 2.24. The Labute approximate surface area is 82.2 Å². The van der Waals surface area contributed by atoms with Crippen LogP contribution in [0.1, 0.15) is 6.42 Å². The van der Waals surface area contributed by atoms with Crippen molar-refractivity contribution in [3.05, 3.63) is 23.9 Å². The van der Waals surface area contributed by atoms with E-state index in [4.69, 9.17) is 0 Å². The fourth-order valence-electron chi connectivity index (χ4n) is 1.21. The van der Waals surface area contributed by atoms with Gasteiger partial charge in [-0.3, -0.25) is 0 Å². The Morgan fingerprint density at radius 3 is 2.67 bits per heavy atom. The lowest BCUT2D eigenvalue weighted by atomic mass is 9.93. The molecule has 0 spiro atoms. The highest BCUT2D eigenvalue weighted by molar-refractivity contribution is 9.09. The van der Waals surface area contributed by atoms with Crippen LogP contribution in [0.2, 0.25) is 0 Å². The molecule has 1 unspecified atom stereocenters. The molecule has 0 saturated carbocycles. The third kappa shape index (κ3) is 1.90. The molecule has 0 fully saturated rings. The first-order chi connectivity index (χ1) is 5.76. The van der Waals surface area contributed by atoms with Crippen LogP contribution in [-0.2, 0) is 0 Å². The lowest BCUT2D eigenvalue weighted by molar-refractivity contribution is 0.489. The van der Waals surface area contributed by atoms with Gasteiger partial charge >= 0.3 is 0 Å². The van der Waals surface area contributed by atoms with Crippen LogP contribution in [-0.4, -0.2) is 25.0 Å². The summed E-state index contributed by atoms with van der Waals surface area (Å²) < 4.78 is 0. The van der Waals surface area contributed by atoms with Crippen LogP contribution < -0.4 is 10.6 Å². The first-order valence-electron chi connectivity index (χ1n) is 4.08. The predicted molar refractivity (Wildman–Crippen MR) is 56.5 cm³/mol. The van der Waals surface area contributed by atoms with Crippen molar-refractivity contribution in [1.82, 2.24) is 10.6 Å². The highest BCUT2D eigenvalue weighted by Crippen LogP contribution is 2.21. The van der Waals surface area contributed by atoms with Crippen LogP contribution in [0, 0.1) is 0 Å². The molecular weight excluding hydrogens is 216 g/mol. The van der Waals surface area contributed by atoms with Crippen LogP contribution in [0.25, 0.3) is 0 Å². The van der Waals surface area contributed by atoms with Gasteiger partial charge in [0.2, 0.25) is 0 Å². The van der Waals surface area contributed by atoms with Gasteiger partial charge in [-0.15, -0.1) is 0 Å². The average Bonchev–Trinajstić information content (AvgIpc) is 2.18. The molecule has 1 rings (SSSR count). The minimum Gasteiger partial charge on any atom is -0.388 e. The van der Waals surface area contributed by atoms with Crippen LogP contribution >= 0.6 is 15.9 Å². The monoisotopic (exact) mass is 230 g/mol. The molecule has 68 valence electrons. The molecule has 1 aliphatic carbocycles. The summed E-state index contributed by atoms with van der Waals surface area (Å²) in [6.07, 6.45) is 7.55. The van der Waals surface area contributed by atoms with Crippen LogP contribution in [0.3, 0.4) is 0 Å². The molecule has 0 radical (unpaired) electrons. The van der Waals surface area contributed by atoms with E-state index in [0.717, 1.165) is 11.8 Å². The Kier molecular flexibility index (Phi) is 3.35. The number of alkyl halides is 1. The first-order valence-corrected chi connectivity index (χ1v) is 5.20. The van der Waals surface area contributed by atoms with Gasteiger partial charge in [-0.05, 0) is 19.5 Å². The number of allylic oxidation sites excluding steroid dienone is 1. The maximum absolute atomic E-state index is 3.51. The standard InChI is InChI=1S/C9H15BrN2/c1-11-8-3-5-9(7-10,12-2)6-4-8/h3-5,11-12H,6-7H2,1-2H3. The number of hydrogen-bond acceptors (Lipinski definition) is 2. The molecule has 0 saturated heterocycles. The zero-order chi connectivity index (χ0) is 9.03. The Bertz CT molecular complexity index is 205. The molecule has 1 aliphatic rings. The average molecular weight is 231 g/mol. The maximum atomic E-state index is 3.51. The van der Waals surface area contributed by atoms with E-state index in [2.05, 4.69) is 44.8 Å². The van der Waals surface area contributed by atoms with Gasteiger partial charge in [0.1, 0.15) is 0 Å². The van der Waals surface area contributed by atoms with Crippen molar-refractivity contribution in [3.63, 3.8) is 0 Å². The van der Waals surface area contributed by atoms with Crippen molar-refractivity contribution in [1.29, 1.82) is 0 Å². The second-order valence-corrected chi connectivity index (χ2v) is 3.55. The number of nitrogens with one attached hydrogen (secondary N) is 2. The molecule has 0 heterocycles. The summed E-state index contributed by atoms with van der Waals surface area (Å²) in [5.41, 5.74) is 1.31. The molecule has 0 aromatic carbocycles. The van der Waals surface area contributed by atoms with Gasteiger partial charge in [-0.1, -0.05) is 28.1 Å². The summed E-state index contributed by atoms with van der Waals surface area (Å²) in [5, 5.41) is 7.37. The molecule has 2 N–H and O–H groups in total. The number of hydrogen-bond donors (Lipinski definition) is 2. The van der Waals surface area contributed by atoms with E-state index in [-0.39, 0.29) is 5.54 Å². The third-order valence-corrected chi connectivity index (χ3v) is 3.29. The molecule has 0 aliphatic heterocycles. The van der Waals surface area contributed by atoms with E-state index in [1.807, 2.05) is 14.1 Å². The zero-order valence-corrected chi connectivity index (χ0v) is 9.11. The fraction of sp³-hybridized carbons (Fsp3) is 0.556. The summed E-state index contributed by atoms with van der Waals surface area (Å²) in [4.78, 5) is 0. The number of halogens is 1. The number of likely N-dealkylation sites (N-methyl/N-ethyl adjacent to an activating group) is 2. The van der Waals surface area contributed by atoms with Gasteiger partial charge in [0, 0.05) is 23.6 Å². The normalized spacial score (nSPS) is 28.4. The zero-order valence-electron chi connectivity index (χ0n) is 7.52. The SMILES string of the molecule is CNC1=CCC(CBr)(NC)C=C1. The topological polar surface area (TPSA) is 24.1 Å². The second kappa shape index (κ2) is 4.10. The van der Waals surface area contributed by atoms with Gasteiger partial charge < -0.3 is 10.6 Å². The first kappa shape index (κ1) is 9.81. The van der Waals surface area contributed by atoms with Crippen molar-refractivity contribution in [2.24, 2.45) is 0 Å². The van der Waals surface area contributed by atoms with Crippen molar-refractivity contribution < 1.29 is 0 Å². The molecule has 0 amide bonds. The molecule has 0 bridgehead atoms. The minimum absolute atomic E-state index is 0.111. The Morgan fingerprint density at radius 1 is 1.58 bits per heavy atom. The van der Waals surface area contributed by atoms with E-state index in [1.165, 1.54) is 5.70 Å². The summed E-state index contributed by atoms with van der Waals surface area (Å²) >= 11 is 3.51. The minimum atomic E-state index is 0.111. The summed E-state index contributed by atoms with van der Waals surface area (Å²) in [5.74, 6) is 0. The number of rotatable bonds is 3. The summed E-state index contributed by atoms with van der Waals surface area (Å²) in [6.45, 7) is 0. The molecular formula is C9H15BrN2. The van der Waals surface area contributed by atoms with E-state index < -0.39 is 0 Å². The van der Waals surface area contributed by atoms with Gasteiger partial charge in [-0.2, -0.15) is 0 Å². The van der Waals surface area contributed by atoms with Crippen LogP contribution in [0.15, 0.2) is 23.9 Å². The molecule has 0 aromatic heterocycles. The quantitative estimate of drug-likeness (QED) is 0.717.